The Bertz CT molecular complexity index is 799. The maximum atomic E-state index is 13.1. The van der Waals surface area contributed by atoms with Crippen molar-refractivity contribution in [1.82, 2.24) is 14.9 Å². The van der Waals surface area contributed by atoms with Crippen LogP contribution in [0.15, 0.2) is 36.7 Å². The molecule has 0 spiro atoms. The second-order valence-electron chi connectivity index (χ2n) is 6.88. The van der Waals surface area contributed by atoms with Crippen LogP contribution in [0.25, 0.3) is 0 Å². The highest BCUT2D eigenvalue weighted by Crippen LogP contribution is 2.36. The summed E-state index contributed by atoms with van der Waals surface area (Å²) >= 11 is 0. The van der Waals surface area contributed by atoms with Crippen molar-refractivity contribution in [1.29, 1.82) is 0 Å². The topological polar surface area (TPSA) is 67.8 Å². The molecule has 1 saturated heterocycles. The van der Waals surface area contributed by atoms with Gasteiger partial charge >= 0.3 is 0 Å². The number of hydrogen-bond acceptors (Lipinski definition) is 6. The average Bonchev–Trinajstić information content (AvgIpc) is 2.99. The van der Waals surface area contributed by atoms with E-state index in [-0.39, 0.29) is 11.8 Å². The van der Waals surface area contributed by atoms with Crippen LogP contribution in [-0.4, -0.2) is 60.7 Å². The summed E-state index contributed by atoms with van der Waals surface area (Å²) in [6.45, 7) is 3.43. The van der Waals surface area contributed by atoms with Crippen LogP contribution in [0.4, 0.5) is 5.95 Å². The summed E-state index contributed by atoms with van der Waals surface area (Å²) in [5.74, 6) is 2.25. The van der Waals surface area contributed by atoms with E-state index in [1.54, 1.807) is 19.5 Å². The minimum absolute atomic E-state index is 0.149. The number of amides is 1. The number of fused-ring (bicyclic) bond motifs is 1. The molecule has 1 fully saturated rings. The average molecular weight is 368 g/mol. The van der Waals surface area contributed by atoms with Crippen molar-refractivity contribution in [3.05, 3.63) is 42.2 Å². The van der Waals surface area contributed by atoms with Gasteiger partial charge in [0, 0.05) is 38.6 Å². The molecule has 27 heavy (non-hydrogen) atoms. The summed E-state index contributed by atoms with van der Waals surface area (Å²) in [7, 11) is 1.63. The summed E-state index contributed by atoms with van der Waals surface area (Å²) < 4.78 is 11.2. The molecule has 2 aromatic rings. The third-order valence-corrected chi connectivity index (χ3v) is 5.17. The Hall–Kier alpha value is -2.83. The van der Waals surface area contributed by atoms with Gasteiger partial charge in [0.15, 0.2) is 11.5 Å². The monoisotopic (exact) mass is 368 g/mol. The molecule has 3 heterocycles. The van der Waals surface area contributed by atoms with Gasteiger partial charge in [-0.05, 0) is 30.5 Å². The molecule has 1 atom stereocenters. The first-order chi connectivity index (χ1) is 13.3. The number of methoxy groups -OCH3 is 1. The number of hydrogen-bond donors (Lipinski definition) is 0. The lowest BCUT2D eigenvalue weighted by Crippen LogP contribution is -2.42. The van der Waals surface area contributed by atoms with Gasteiger partial charge in [0.25, 0.3) is 0 Å². The second-order valence-corrected chi connectivity index (χ2v) is 6.88. The maximum absolute atomic E-state index is 13.1. The minimum atomic E-state index is -0.149. The Balaban J connectivity index is 1.41. The molecule has 1 amide bonds. The molecular formula is C20H24N4O3. The fraction of sp³-hybridized carbons (Fsp3) is 0.450. The number of carbonyl (C=O) groups excluding carboxylic acids is 1. The van der Waals surface area contributed by atoms with Gasteiger partial charge in [-0.25, -0.2) is 9.97 Å². The quantitative estimate of drug-likeness (QED) is 0.823. The number of nitrogens with zero attached hydrogens (tertiary/aromatic N) is 4. The summed E-state index contributed by atoms with van der Waals surface area (Å²) in [5.41, 5.74) is 1.04. The molecule has 1 aromatic carbocycles. The molecule has 142 valence electrons. The predicted molar refractivity (Wildman–Crippen MR) is 101 cm³/mol. The molecule has 0 saturated carbocycles. The van der Waals surface area contributed by atoms with Gasteiger partial charge in [0.2, 0.25) is 11.9 Å². The minimum Gasteiger partial charge on any atom is -0.493 e. The van der Waals surface area contributed by atoms with E-state index in [1.807, 2.05) is 29.2 Å². The van der Waals surface area contributed by atoms with Crippen LogP contribution in [0, 0.1) is 5.92 Å². The molecule has 0 radical (unpaired) electrons. The van der Waals surface area contributed by atoms with E-state index < -0.39 is 0 Å². The van der Waals surface area contributed by atoms with Gasteiger partial charge in [-0.15, -0.1) is 0 Å². The fourth-order valence-corrected chi connectivity index (χ4v) is 3.76. The third-order valence-electron chi connectivity index (χ3n) is 5.17. The van der Waals surface area contributed by atoms with Crippen molar-refractivity contribution >= 4 is 11.9 Å². The first-order valence-electron chi connectivity index (χ1n) is 9.35. The van der Waals surface area contributed by atoms with Crippen molar-refractivity contribution < 1.29 is 14.3 Å². The van der Waals surface area contributed by atoms with E-state index >= 15 is 0 Å². The number of para-hydroxylation sites is 1. The molecule has 2 aliphatic rings. The number of aromatic nitrogens is 2. The zero-order valence-electron chi connectivity index (χ0n) is 15.5. The van der Waals surface area contributed by atoms with E-state index in [9.17, 15) is 4.79 Å². The van der Waals surface area contributed by atoms with Crippen LogP contribution in [0.2, 0.25) is 0 Å². The Morgan fingerprint density at radius 2 is 2.00 bits per heavy atom. The van der Waals surface area contributed by atoms with Crippen LogP contribution in [0.5, 0.6) is 11.5 Å². The molecule has 0 aliphatic carbocycles. The molecule has 0 N–H and O–H groups in total. The van der Waals surface area contributed by atoms with Crippen LogP contribution in [0.1, 0.15) is 12.0 Å². The van der Waals surface area contributed by atoms with Crippen molar-refractivity contribution in [2.75, 3.05) is 44.8 Å². The van der Waals surface area contributed by atoms with Gasteiger partial charge < -0.3 is 19.3 Å². The lowest BCUT2D eigenvalue weighted by Gasteiger charge is -2.30. The van der Waals surface area contributed by atoms with Crippen molar-refractivity contribution in [3.8, 4) is 11.5 Å². The number of carbonyl (C=O) groups is 1. The Labute approximate surface area is 158 Å². The Morgan fingerprint density at radius 3 is 2.81 bits per heavy atom. The van der Waals surface area contributed by atoms with Gasteiger partial charge in [0.1, 0.15) is 6.61 Å². The highest BCUT2D eigenvalue weighted by molar-refractivity contribution is 5.80. The first-order valence-corrected chi connectivity index (χ1v) is 9.35. The van der Waals surface area contributed by atoms with Gasteiger partial charge in [0.05, 0.1) is 13.0 Å². The lowest BCUT2D eigenvalue weighted by molar-refractivity contribution is -0.136. The molecule has 4 rings (SSSR count). The second kappa shape index (κ2) is 7.82. The zero-order chi connectivity index (χ0) is 18.6. The fourth-order valence-electron chi connectivity index (χ4n) is 3.76. The Morgan fingerprint density at radius 1 is 1.15 bits per heavy atom. The smallest absolute Gasteiger partial charge is 0.229 e. The number of rotatable bonds is 3. The molecule has 2 aliphatic heterocycles. The van der Waals surface area contributed by atoms with E-state index in [2.05, 4.69) is 14.9 Å². The first kappa shape index (κ1) is 17.6. The van der Waals surface area contributed by atoms with Gasteiger partial charge in [-0.2, -0.15) is 0 Å². The predicted octanol–water partition coefficient (Wildman–Crippen LogP) is 1.78. The van der Waals surface area contributed by atoms with Crippen LogP contribution < -0.4 is 14.4 Å². The third kappa shape index (κ3) is 3.67. The standard InChI is InChI=1S/C20H24N4O3/c1-26-17-6-2-5-15-13-16(14-27-18(15)17)19(25)23-9-4-10-24(12-11-23)20-21-7-3-8-22-20/h2-3,5-8,16H,4,9-14H2,1H3. The maximum Gasteiger partial charge on any atom is 0.229 e. The molecule has 7 nitrogen and oxygen atoms in total. The highest BCUT2D eigenvalue weighted by atomic mass is 16.5. The summed E-state index contributed by atoms with van der Waals surface area (Å²) in [6, 6.07) is 7.65. The van der Waals surface area contributed by atoms with Crippen molar-refractivity contribution in [2.24, 2.45) is 5.92 Å². The van der Waals surface area contributed by atoms with Gasteiger partial charge in [-0.3, -0.25) is 4.79 Å². The summed E-state index contributed by atoms with van der Waals surface area (Å²) in [5, 5.41) is 0. The van der Waals surface area contributed by atoms with Crippen LogP contribution >= 0.6 is 0 Å². The number of anilines is 1. The molecular weight excluding hydrogens is 344 g/mol. The molecule has 7 heteroatoms. The van der Waals surface area contributed by atoms with E-state index in [0.717, 1.165) is 49.1 Å². The normalized spacial score (nSPS) is 19.7. The van der Waals surface area contributed by atoms with Crippen LogP contribution in [0.3, 0.4) is 0 Å². The number of benzene rings is 1. The van der Waals surface area contributed by atoms with E-state index in [0.29, 0.717) is 19.6 Å². The molecule has 0 bridgehead atoms. The summed E-state index contributed by atoms with van der Waals surface area (Å²) in [4.78, 5) is 25.8. The Kier molecular flexibility index (Phi) is 5.09. The zero-order valence-corrected chi connectivity index (χ0v) is 15.5. The number of ether oxygens (including phenoxy) is 2. The van der Waals surface area contributed by atoms with Crippen LogP contribution in [-0.2, 0) is 11.2 Å². The SMILES string of the molecule is COc1cccc2c1OCC(C(=O)N1CCCN(c3ncccn3)CC1)C2. The highest BCUT2D eigenvalue weighted by Gasteiger charge is 2.31. The largest absolute Gasteiger partial charge is 0.493 e. The van der Waals surface area contributed by atoms with Crippen molar-refractivity contribution in [3.63, 3.8) is 0 Å². The van der Waals surface area contributed by atoms with Crippen molar-refractivity contribution in [2.45, 2.75) is 12.8 Å². The van der Waals surface area contributed by atoms with E-state index in [4.69, 9.17) is 9.47 Å². The van der Waals surface area contributed by atoms with Gasteiger partial charge in [-0.1, -0.05) is 12.1 Å². The van der Waals surface area contributed by atoms with E-state index in [1.165, 1.54) is 0 Å². The molecule has 1 aromatic heterocycles. The summed E-state index contributed by atoms with van der Waals surface area (Å²) in [6.07, 6.45) is 5.10. The lowest BCUT2D eigenvalue weighted by atomic mass is 9.95. The molecule has 1 unspecified atom stereocenters.